The summed E-state index contributed by atoms with van der Waals surface area (Å²) in [6.45, 7) is 3.99. The lowest BCUT2D eigenvalue weighted by Gasteiger charge is -2.33. The second-order valence-electron chi connectivity index (χ2n) is 5.47. The summed E-state index contributed by atoms with van der Waals surface area (Å²) in [7, 11) is 0. The Morgan fingerprint density at radius 2 is 1.90 bits per heavy atom. The number of rotatable bonds is 5. The van der Waals surface area contributed by atoms with Crippen LogP contribution in [-0.4, -0.2) is 19.8 Å². The van der Waals surface area contributed by atoms with Crippen LogP contribution in [0.25, 0.3) is 0 Å². The predicted octanol–water partition coefficient (Wildman–Crippen LogP) is 4.17. The normalized spacial score (nSPS) is 18.7. The molecule has 1 aliphatic heterocycles. The lowest BCUT2D eigenvalue weighted by Crippen LogP contribution is -2.34. The summed E-state index contributed by atoms with van der Waals surface area (Å²) in [5.74, 6) is 0.189. The van der Waals surface area contributed by atoms with Gasteiger partial charge in [-0.3, -0.25) is 0 Å². The Morgan fingerprint density at radius 1 is 1.24 bits per heavy atom. The van der Waals surface area contributed by atoms with Crippen molar-refractivity contribution in [1.82, 2.24) is 5.32 Å². The quantitative estimate of drug-likeness (QED) is 0.881. The number of alkyl halides is 3. The van der Waals surface area contributed by atoms with E-state index in [9.17, 15) is 13.2 Å². The van der Waals surface area contributed by atoms with Gasteiger partial charge < -0.3 is 10.1 Å². The monoisotopic (exact) mass is 301 g/mol. The highest BCUT2D eigenvalue weighted by atomic mass is 19.4. The summed E-state index contributed by atoms with van der Waals surface area (Å²) in [5, 5.41) is 3.31. The number of hydrogen-bond donors (Lipinski definition) is 1. The predicted molar refractivity (Wildman–Crippen MR) is 76.0 cm³/mol. The van der Waals surface area contributed by atoms with Gasteiger partial charge in [-0.1, -0.05) is 25.1 Å². The van der Waals surface area contributed by atoms with Crippen LogP contribution in [-0.2, 0) is 10.9 Å². The SMILES string of the molecule is CCCNC(c1ccccc1C(F)(F)F)C1CCOCC1. The maximum atomic E-state index is 13.2. The van der Waals surface area contributed by atoms with Gasteiger partial charge in [-0.15, -0.1) is 0 Å². The van der Waals surface area contributed by atoms with E-state index in [0.717, 1.165) is 19.3 Å². The number of halogens is 3. The molecule has 1 aromatic carbocycles. The van der Waals surface area contributed by atoms with Crippen LogP contribution >= 0.6 is 0 Å². The summed E-state index contributed by atoms with van der Waals surface area (Å²) < 4.78 is 45.1. The average molecular weight is 301 g/mol. The van der Waals surface area contributed by atoms with E-state index in [1.165, 1.54) is 12.1 Å². The van der Waals surface area contributed by atoms with E-state index < -0.39 is 11.7 Å². The van der Waals surface area contributed by atoms with Gasteiger partial charge >= 0.3 is 6.18 Å². The molecule has 1 N–H and O–H groups in total. The van der Waals surface area contributed by atoms with E-state index in [1.54, 1.807) is 12.1 Å². The summed E-state index contributed by atoms with van der Waals surface area (Å²) in [4.78, 5) is 0. The Morgan fingerprint density at radius 3 is 2.52 bits per heavy atom. The van der Waals surface area contributed by atoms with Crippen molar-refractivity contribution >= 4 is 0 Å². The van der Waals surface area contributed by atoms with Crippen LogP contribution in [0, 0.1) is 5.92 Å². The lowest BCUT2D eigenvalue weighted by molar-refractivity contribution is -0.138. The molecule has 5 heteroatoms. The van der Waals surface area contributed by atoms with Gasteiger partial charge in [-0.05, 0) is 43.4 Å². The fraction of sp³-hybridized carbons (Fsp3) is 0.625. The third kappa shape index (κ3) is 4.20. The first-order valence-corrected chi connectivity index (χ1v) is 7.51. The van der Waals surface area contributed by atoms with Gasteiger partial charge in [0.1, 0.15) is 0 Å². The van der Waals surface area contributed by atoms with Crippen molar-refractivity contribution in [2.24, 2.45) is 5.92 Å². The summed E-state index contributed by atoms with van der Waals surface area (Å²) in [5.41, 5.74) is -0.157. The number of benzene rings is 1. The molecular formula is C16H22F3NO. The highest BCUT2D eigenvalue weighted by Gasteiger charge is 2.37. The summed E-state index contributed by atoms with van der Waals surface area (Å²) in [6.07, 6.45) is -1.82. The second kappa shape index (κ2) is 7.27. The lowest BCUT2D eigenvalue weighted by atomic mass is 9.85. The van der Waals surface area contributed by atoms with Crippen LogP contribution in [0.5, 0.6) is 0 Å². The number of nitrogens with one attached hydrogen (secondary N) is 1. The van der Waals surface area contributed by atoms with Gasteiger partial charge in [0.15, 0.2) is 0 Å². The van der Waals surface area contributed by atoms with Crippen molar-refractivity contribution in [1.29, 1.82) is 0 Å². The first-order chi connectivity index (χ1) is 10.0. The molecule has 0 spiro atoms. The second-order valence-corrected chi connectivity index (χ2v) is 5.47. The van der Waals surface area contributed by atoms with E-state index in [-0.39, 0.29) is 12.0 Å². The van der Waals surface area contributed by atoms with Crippen LogP contribution in [0.4, 0.5) is 13.2 Å². The van der Waals surface area contributed by atoms with E-state index in [0.29, 0.717) is 25.3 Å². The minimum Gasteiger partial charge on any atom is -0.381 e. The topological polar surface area (TPSA) is 21.3 Å². The standard InChI is InChI=1S/C16H22F3NO/c1-2-9-20-15(12-7-10-21-11-8-12)13-5-3-4-6-14(13)16(17,18)19/h3-6,12,15,20H,2,7-11H2,1H3. The minimum absolute atomic E-state index is 0.189. The zero-order valence-electron chi connectivity index (χ0n) is 12.2. The smallest absolute Gasteiger partial charge is 0.381 e. The molecule has 0 radical (unpaired) electrons. The maximum absolute atomic E-state index is 13.2. The molecule has 0 aliphatic carbocycles. The Labute approximate surface area is 123 Å². The number of hydrogen-bond acceptors (Lipinski definition) is 2. The van der Waals surface area contributed by atoms with Crippen LogP contribution in [0.15, 0.2) is 24.3 Å². The Hall–Kier alpha value is -1.07. The first-order valence-electron chi connectivity index (χ1n) is 7.51. The molecule has 1 heterocycles. The van der Waals surface area contributed by atoms with Crippen molar-refractivity contribution < 1.29 is 17.9 Å². The van der Waals surface area contributed by atoms with Gasteiger partial charge in [0.25, 0.3) is 0 Å². The molecular weight excluding hydrogens is 279 g/mol. The van der Waals surface area contributed by atoms with Crippen molar-refractivity contribution in [3.05, 3.63) is 35.4 Å². The largest absolute Gasteiger partial charge is 0.416 e. The molecule has 1 aliphatic rings. The molecule has 0 amide bonds. The van der Waals surface area contributed by atoms with Gasteiger partial charge in [0.2, 0.25) is 0 Å². The Kier molecular flexibility index (Phi) is 5.65. The molecule has 21 heavy (non-hydrogen) atoms. The third-order valence-electron chi connectivity index (χ3n) is 3.95. The molecule has 1 atom stereocenters. The molecule has 1 unspecified atom stereocenters. The van der Waals surface area contributed by atoms with E-state index in [1.807, 2.05) is 6.92 Å². The van der Waals surface area contributed by atoms with E-state index in [2.05, 4.69) is 5.32 Å². The molecule has 0 bridgehead atoms. The van der Waals surface area contributed by atoms with Crippen LogP contribution < -0.4 is 5.32 Å². The zero-order chi connectivity index (χ0) is 15.3. The third-order valence-corrected chi connectivity index (χ3v) is 3.95. The van der Waals surface area contributed by atoms with Gasteiger partial charge in [0.05, 0.1) is 5.56 Å². The van der Waals surface area contributed by atoms with Crippen LogP contribution in [0.1, 0.15) is 43.4 Å². The molecule has 1 aromatic rings. The molecule has 0 aromatic heterocycles. The van der Waals surface area contributed by atoms with Crippen LogP contribution in [0.2, 0.25) is 0 Å². The van der Waals surface area contributed by atoms with E-state index >= 15 is 0 Å². The fourth-order valence-electron chi connectivity index (χ4n) is 2.91. The van der Waals surface area contributed by atoms with E-state index in [4.69, 9.17) is 4.74 Å². The van der Waals surface area contributed by atoms with Crippen molar-refractivity contribution in [2.75, 3.05) is 19.8 Å². The fourth-order valence-corrected chi connectivity index (χ4v) is 2.91. The van der Waals surface area contributed by atoms with Gasteiger partial charge in [-0.25, -0.2) is 0 Å². The molecule has 2 rings (SSSR count). The van der Waals surface area contributed by atoms with Gasteiger partial charge in [-0.2, -0.15) is 13.2 Å². The molecule has 118 valence electrons. The van der Waals surface area contributed by atoms with Crippen molar-refractivity contribution in [3.8, 4) is 0 Å². The molecule has 2 nitrogen and oxygen atoms in total. The zero-order valence-corrected chi connectivity index (χ0v) is 12.2. The first kappa shape index (κ1) is 16.3. The summed E-state index contributed by atoms with van der Waals surface area (Å²) >= 11 is 0. The molecule has 1 fully saturated rings. The molecule has 1 saturated heterocycles. The highest BCUT2D eigenvalue weighted by molar-refractivity contribution is 5.33. The van der Waals surface area contributed by atoms with Crippen molar-refractivity contribution in [2.45, 2.75) is 38.4 Å². The minimum atomic E-state index is -4.31. The maximum Gasteiger partial charge on any atom is 0.416 e. The Balaban J connectivity index is 2.31. The number of ether oxygens (including phenoxy) is 1. The van der Waals surface area contributed by atoms with Gasteiger partial charge in [0, 0.05) is 19.3 Å². The Bertz CT molecular complexity index is 441. The van der Waals surface area contributed by atoms with Crippen molar-refractivity contribution in [3.63, 3.8) is 0 Å². The summed E-state index contributed by atoms with van der Waals surface area (Å²) in [6, 6.07) is 5.66. The average Bonchev–Trinajstić information content (AvgIpc) is 2.48. The molecule has 0 saturated carbocycles. The highest BCUT2D eigenvalue weighted by Crippen LogP contribution is 2.38. The van der Waals surface area contributed by atoms with Crippen LogP contribution in [0.3, 0.4) is 0 Å².